The van der Waals surface area contributed by atoms with Crippen LogP contribution in [0.25, 0.3) is 0 Å². The summed E-state index contributed by atoms with van der Waals surface area (Å²) in [6.45, 7) is 0.154. The number of hydrogen-bond acceptors (Lipinski definition) is 7. The molecular formula is C18H18ClF3N2O6S. The number of primary amides is 1. The zero-order valence-electron chi connectivity index (χ0n) is 16.1. The Hall–Kier alpha value is -2.52. The van der Waals surface area contributed by atoms with Gasteiger partial charge in [-0.3, -0.25) is 9.59 Å². The Labute approximate surface area is 181 Å². The van der Waals surface area contributed by atoms with Crippen LogP contribution < -0.4 is 10.5 Å². The number of carbonyl (C=O) groups excluding carboxylic acids is 2. The molecule has 170 valence electrons. The molecule has 31 heavy (non-hydrogen) atoms. The quantitative estimate of drug-likeness (QED) is 0.465. The number of alkyl halides is 3. The summed E-state index contributed by atoms with van der Waals surface area (Å²) in [6, 6.07) is 4.53. The number of nitrogens with two attached hydrogens (primary N) is 1. The number of carbonyl (C=O) groups is 2. The van der Waals surface area contributed by atoms with Crippen molar-refractivity contribution in [2.75, 3.05) is 6.61 Å². The minimum absolute atomic E-state index is 0.118. The molecule has 0 aromatic heterocycles. The van der Waals surface area contributed by atoms with Gasteiger partial charge in [0, 0.05) is 6.07 Å². The first kappa shape index (κ1) is 24.7. The van der Waals surface area contributed by atoms with Crippen molar-refractivity contribution >= 4 is 33.3 Å². The summed E-state index contributed by atoms with van der Waals surface area (Å²) >= 11 is 6.00. The van der Waals surface area contributed by atoms with Crippen molar-refractivity contribution in [2.45, 2.75) is 48.6 Å². The summed E-state index contributed by atoms with van der Waals surface area (Å²) in [5.41, 5.74) is 3.42. The van der Waals surface area contributed by atoms with Crippen LogP contribution in [-0.2, 0) is 24.2 Å². The van der Waals surface area contributed by atoms with E-state index in [0.717, 1.165) is 25.1 Å². The van der Waals surface area contributed by atoms with Gasteiger partial charge in [-0.25, -0.2) is 8.42 Å². The highest BCUT2D eigenvalue weighted by Crippen LogP contribution is 2.45. The fraction of sp³-hybridized carbons (Fsp3) is 0.500. The molecule has 13 heteroatoms. The summed E-state index contributed by atoms with van der Waals surface area (Å²) in [5.74, 6) is -2.45. The van der Waals surface area contributed by atoms with Gasteiger partial charge in [0.1, 0.15) is 17.2 Å². The molecule has 2 rings (SSSR count). The van der Waals surface area contributed by atoms with Crippen molar-refractivity contribution in [3.63, 3.8) is 0 Å². The highest BCUT2D eigenvalue weighted by Gasteiger charge is 2.55. The van der Waals surface area contributed by atoms with Crippen LogP contribution in [0.15, 0.2) is 23.1 Å². The number of halogens is 4. The molecule has 1 aromatic rings. The number of benzene rings is 1. The molecule has 8 nitrogen and oxygen atoms in total. The number of nitrogens with zero attached hydrogens (tertiary/aromatic N) is 1. The molecule has 1 aliphatic carbocycles. The largest absolute Gasteiger partial charge is 0.481 e. The molecule has 0 spiro atoms. The van der Waals surface area contributed by atoms with Crippen molar-refractivity contribution in [3.8, 4) is 11.8 Å². The van der Waals surface area contributed by atoms with E-state index in [4.69, 9.17) is 27.3 Å². The predicted octanol–water partition coefficient (Wildman–Crippen LogP) is 2.53. The molecule has 0 heterocycles. The summed E-state index contributed by atoms with van der Waals surface area (Å²) in [4.78, 5) is 23.8. The molecule has 0 aliphatic heterocycles. The Bertz CT molecular complexity index is 1020. The molecule has 1 fully saturated rings. The van der Waals surface area contributed by atoms with Crippen LogP contribution in [0.5, 0.6) is 5.75 Å². The predicted molar refractivity (Wildman–Crippen MR) is 101 cm³/mol. The molecule has 0 saturated heterocycles. The van der Waals surface area contributed by atoms with Gasteiger partial charge in [-0.15, -0.1) is 0 Å². The Kier molecular flexibility index (Phi) is 7.12. The van der Waals surface area contributed by atoms with E-state index >= 15 is 0 Å². The van der Waals surface area contributed by atoms with Crippen molar-refractivity contribution in [2.24, 2.45) is 11.1 Å². The molecule has 1 unspecified atom stereocenters. The van der Waals surface area contributed by atoms with Crippen LogP contribution in [0.1, 0.15) is 26.2 Å². The molecule has 1 aliphatic rings. The number of esters is 1. The minimum Gasteiger partial charge on any atom is -0.481 e. The van der Waals surface area contributed by atoms with Crippen LogP contribution in [0.3, 0.4) is 0 Å². The Morgan fingerprint density at radius 1 is 1.42 bits per heavy atom. The van der Waals surface area contributed by atoms with Gasteiger partial charge in [0.15, 0.2) is 22.5 Å². The van der Waals surface area contributed by atoms with Crippen LogP contribution in [0.4, 0.5) is 13.2 Å². The van der Waals surface area contributed by atoms with E-state index < -0.39 is 62.6 Å². The standard InChI is InChI=1S/C18H18ClF3N2O6S/c1-10(18(20,21)22)30-11-2-3-14(13(19)8-11)31(27,28)12-4-5-17(9-12,15(24)25)16(26)29-7-6-23/h2-3,8,10,12H,4-5,7,9H2,1H3,(H2,24,25)/t10?,12-,17-/m0/s1. The molecule has 1 saturated carbocycles. The van der Waals surface area contributed by atoms with Gasteiger partial charge in [0.25, 0.3) is 0 Å². The van der Waals surface area contributed by atoms with Gasteiger partial charge in [0.2, 0.25) is 5.91 Å². The number of nitriles is 1. The van der Waals surface area contributed by atoms with Gasteiger partial charge in [-0.05, 0) is 38.3 Å². The second-order valence-corrected chi connectivity index (χ2v) is 9.59. The number of rotatable bonds is 7. The second-order valence-electron chi connectivity index (χ2n) is 6.98. The van der Waals surface area contributed by atoms with E-state index in [1.807, 2.05) is 0 Å². The van der Waals surface area contributed by atoms with Crippen molar-refractivity contribution in [1.82, 2.24) is 0 Å². The summed E-state index contributed by atoms with van der Waals surface area (Å²) in [5, 5.41) is 6.93. The summed E-state index contributed by atoms with van der Waals surface area (Å²) in [7, 11) is -4.19. The van der Waals surface area contributed by atoms with E-state index in [-0.39, 0.29) is 23.6 Å². The lowest BCUT2D eigenvalue weighted by atomic mass is 9.85. The summed E-state index contributed by atoms with van der Waals surface area (Å²) in [6.07, 6.45) is -7.57. The number of hydrogen-bond donors (Lipinski definition) is 1. The average molecular weight is 483 g/mol. The van der Waals surface area contributed by atoms with Gasteiger partial charge >= 0.3 is 12.1 Å². The van der Waals surface area contributed by atoms with Crippen LogP contribution in [0.2, 0.25) is 5.02 Å². The van der Waals surface area contributed by atoms with Gasteiger partial charge < -0.3 is 15.2 Å². The number of amides is 1. The lowest BCUT2D eigenvalue weighted by Gasteiger charge is -2.23. The first-order valence-electron chi connectivity index (χ1n) is 8.86. The number of sulfone groups is 1. The monoisotopic (exact) mass is 482 g/mol. The van der Waals surface area contributed by atoms with E-state index in [2.05, 4.69) is 4.74 Å². The van der Waals surface area contributed by atoms with Crippen molar-refractivity contribution in [1.29, 1.82) is 5.26 Å². The van der Waals surface area contributed by atoms with Gasteiger partial charge in [-0.1, -0.05) is 11.6 Å². The Morgan fingerprint density at radius 3 is 2.58 bits per heavy atom. The third-order valence-electron chi connectivity index (χ3n) is 5.02. The highest BCUT2D eigenvalue weighted by molar-refractivity contribution is 7.92. The maximum absolute atomic E-state index is 13.0. The zero-order valence-corrected chi connectivity index (χ0v) is 17.7. The maximum atomic E-state index is 13.0. The third kappa shape index (κ3) is 5.04. The Morgan fingerprint density at radius 2 is 2.06 bits per heavy atom. The molecule has 3 atom stereocenters. The van der Waals surface area contributed by atoms with E-state index in [1.54, 1.807) is 6.07 Å². The maximum Gasteiger partial charge on any atom is 0.425 e. The second kappa shape index (κ2) is 8.92. The first-order chi connectivity index (χ1) is 14.3. The lowest BCUT2D eigenvalue weighted by Crippen LogP contribution is -2.44. The van der Waals surface area contributed by atoms with E-state index in [1.165, 1.54) is 0 Å². The topological polar surface area (TPSA) is 137 Å². The average Bonchev–Trinajstić information content (AvgIpc) is 3.13. The SMILES string of the molecule is CC(Oc1ccc(S(=O)(=O)[C@H]2CC[C@](C(N)=O)(C(=O)OCC#N)C2)c(Cl)c1)C(F)(F)F. The normalized spacial score (nSPS) is 22.4. The van der Waals surface area contributed by atoms with Crippen LogP contribution in [-0.4, -0.2) is 44.4 Å². The van der Waals surface area contributed by atoms with Crippen LogP contribution in [0, 0.1) is 16.7 Å². The molecular weight excluding hydrogens is 465 g/mol. The fourth-order valence-electron chi connectivity index (χ4n) is 3.25. The molecule has 1 amide bonds. The molecule has 1 aromatic carbocycles. The highest BCUT2D eigenvalue weighted by atomic mass is 35.5. The zero-order chi connectivity index (χ0) is 23.6. The smallest absolute Gasteiger partial charge is 0.425 e. The van der Waals surface area contributed by atoms with E-state index in [9.17, 15) is 31.2 Å². The van der Waals surface area contributed by atoms with Gasteiger partial charge in [0.05, 0.1) is 15.2 Å². The van der Waals surface area contributed by atoms with Gasteiger partial charge in [-0.2, -0.15) is 18.4 Å². The number of ether oxygens (including phenoxy) is 2. The van der Waals surface area contributed by atoms with E-state index in [0.29, 0.717) is 0 Å². The first-order valence-corrected chi connectivity index (χ1v) is 10.8. The van der Waals surface area contributed by atoms with Crippen molar-refractivity contribution in [3.05, 3.63) is 23.2 Å². The summed E-state index contributed by atoms with van der Waals surface area (Å²) < 4.78 is 73.4. The third-order valence-corrected chi connectivity index (χ3v) is 7.70. The molecule has 0 bridgehead atoms. The fourth-order valence-corrected chi connectivity index (χ4v) is 5.62. The molecule has 0 radical (unpaired) electrons. The van der Waals surface area contributed by atoms with Crippen LogP contribution >= 0.6 is 11.6 Å². The van der Waals surface area contributed by atoms with Crippen molar-refractivity contribution < 1.29 is 40.7 Å². The Balaban J connectivity index is 2.29. The molecule has 2 N–H and O–H groups in total. The lowest BCUT2D eigenvalue weighted by molar-refractivity contribution is -0.189. The minimum atomic E-state index is -4.63.